The number of nitrogens with zero attached hydrogens (tertiary/aromatic N) is 2. The van der Waals surface area contributed by atoms with E-state index in [-0.39, 0.29) is 5.91 Å². The van der Waals surface area contributed by atoms with Gasteiger partial charge in [-0.1, -0.05) is 30.3 Å². The Morgan fingerprint density at radius 3 is 2.68 bits per heavy atom. The van der Waals surface area contributed by atoms with E-state index in [1.807, 2.05) is 29.6 Å². The summed E-state index contributed by atoms with van der Waals surface area (Å²) in [5.41, 5.74) is 5.84. The predicted octanol–water partition coefficient (Wildman–Crippen LogP) is 3.74. The largest absolute Gasteiger partial charge is 0.385 e. The SMILES string of the molecule is Nc1[nH]c(N=NC(=O)c2cccs2)c2ccccc12. The Hall–Kier alpha value is -2.47. The smallest absolute Gasteiger partial charge is 0.305 e. The summed E-state index contributed by atoms with van der Waals surface area (Å²) >= 11 is 1.34. The van der Waals surface area contributed by atoms with Crippen molar-refractivity contribution in [3.05, 3.63) is 46.7 Å². The zero-order valence-corrected chi connectivity index (χ0v) is 10.6. The van der Waals surface area contributed by atoms with Crippen LogP contribution in [0.5, 0.6) is 0 Å². The van der Waals surface area contributed by atoms with Crippen LogP contribution in [0.25, 0.3) is 10.8 Å². The highest BCUT2D eigenvalue weighted by atomic mass is 32.1. The second kappa shape index (κ2) is 4.66. The predicted molar refractivity (Wildman–Crippen MR) is 75.9 cm³/mol. The van der Waals surface area contributed by atoms with E-state index < -0.39 is 0 Å². The molecule has 2 heterocycles. The molecule has 19 heavy (non-hydrogen) atoms. The summed E-state index contributed by atoms with van der Waals surface area (Å²) in [5.74, 6) is 0.665. The van der Waals surface area contributed by atoms with E-state index in [0.29, 0.717) is 16.5 Å². The molecular weight excluding hydrogens is 260 g/mol. The molecule has 0 aliphatic rings. The van der Waals surface area contributed by atoms with Gasteiger partial charge in [-0.2, -0.15) is 0 Å². The summed E-state index contributed by atoms with van der Waals surface area (Å²) in [4.78, 5) is 15.2. The third kappa shape index (κ3) is 2.13. The number of H-pyrrole nitrogens is 1. The number of nitrogens with one attached hydrogen (secondary N) is 1. The Bertz CT molecular complexity index is 758. The van der Waals surface area contributed by atoms with Gasteiger partial charge < -0.3 is 10.7 Å². The Kier molecular flexibility index (Phi) is 2.85. The maximum Gasteiger partial charge on any atom is 0.305 e. The van der Waals surface area contributed by atoms with Crippen LogP contribution in [0.1, 0.15) is 9.67 Å². The number of carbonyl (C=O) groups excluding carboxylic acids is 1. The second-order valence-corrected chi connectivity index (χ2v) is 4.86. The van der Waals surface area contributed by atoms with Crippen molar-refractivity contribution < 1.29 is 4.79 Å². The van der Waals surface area contributed by atoms with Crippen LogP contribution in [0.2, 0.25) is 0 Å². The number of aromatic nitrogens is 1. The zero-order valence-electron chi connectivity index (χ0n) is 9.83. The highest BCUT2D eigenvalue weighted by Crippen LogP contribution is 2.30. The lowest BCUT2D eigenvalue weighted by Crippen LogP contribution is -1.87. The van der Waals surface area contributed by atoms with E-state index in [1.54, 1.807) is 12.1 Å². The molecule has 0 bridgehead atoms. The van der Waals surface area contributed by atoms with E-state index in [0.717, 1.165) is 10.8 Å². The highest BCUT2D eigenvalue weighted by molar-refractivity contribution is 7.12. The van der Waals surface area contributed by atoms with Crippen LogP contribution in [0, 0.1) is 0 Å². The van der Waals surface area contributed by atoms with E-state index >= 15 is 0 Å². The molecule has 3 aromatic rings. The number of thiophene rings is 1. The number of carbonyl (C=O) groups is 1. The van der Waals surface area contributed by atoms with E-state index in [9.17, 15) is 4.79 Å². The summed E-state index contributed by atoms with van der Waals surface area (Å²) in [5, 5.41) is 11.2. The monoisotopic (exact) mass is 270 g/mol. The molecule has 0 radical (unpaired) electrons. The molecule has 5 nitrogen and oxygen atoms in total. The van der Waals surface area contributed by atoms with Gasteiger partial charge >= 0.3 is 5.91 Å². The molecule has 3 rings (SSSR count). The first-order chi connectivity index (χ1) is 9.25. The first-order valence-electron chi connectivity index (χ1n) is 5.61. The Morgan fingerprint density at radius 1 is 1.16 bits per heavy atom. The fourth-order valence-corrected chi connectivity index (χ4v) is 2.41. The minimum Gasteiger partial charge on any atom is -0.385 e. The number of hydrogen-bond donors (Lipinski definition) is 2. The van der Waals surface area contributed by atoms with E-state index in [1.165, 1.54) is 11.3 Å². The Morgan fingerprint density at radius 2 is 1.95 bits per heavy atom. The average Bonchev–Trinajstić information content (AvgIpc) is 3.06. The first kappa shape index (κ1) is 11.6. The summed E-state index contributed by atoms with van der Waals surface area (Å²) in [6, 6.07) is 11.1. The first-order valence-corrected chi connectivity index (χ1v) is 6.49. The van der Waals surface area contributed by atoms with Crippen LogP contribution >= 0.6 is 11.3 Å². The molecule has 0 fully saturated rings. The van der Waals surface area contributed by atoms with Gasteiger partial charge in [0.15, 0.2) is 5.82 Å². The zero-order chi connectivity index (χ0) is 13.2. The molecule has 94 valence electrons. The lowest BCUT2D eigenvalue weighted by Gasteiger charge is -1.89. The summed E-state index contributed by atoms with van der Waals surface area (Å²) in [6.07, 6.45) is 0. The van der Waals surface area contributed by atoms with Gasteiger partial charge in [0, 0.05) is 10.8 Å². The summed E-state index contributed by atoms with van der Waals surface area (Å²) in [7, 11) is 0. The van der Waals surface area contributed by atoms with E-state index in [4.69, 9.17) is 5.73 Å². The maximum absolute atomic E-state index is 11.7. The van der Waals surface area contributed by atoms with Gasteiger partial charge in [-0.15, -0.1) is 21.6 Å². The molecule has 0 saturated carbocycles. The van der Waals surface area contributed by atoms with Gasteiger partial charge in [-0.25, -0.2) is 0 Å². The standard InChI is InChI=1S/C13H10N4OS/c14-11-8-4-1-2-5-9(8)12(15-11)16-17-13(18)10-6-3-7-19-10/h1-7,15H,14H2. The van der Waals surface area contributed by atoms with Crippen molar-refractivity contribution in [3.63, 3.8) is 0 Å². The maximum atomic E-state index is 11.7. The number of aromatic amines is 1. The van der Waals surface area contributed by atoms with Gasteiger partial charge in [0.1, 0.15) is 5.82 Å². The van der Waals surface area contributed by atoms with Crippen LogP contribution in [0.3, 0.4) is 0 Å². The van der Waals surface area contributed by atoms with Crippen LogP contribution in [0.15, 0.2) is 52.0 Å². The minimum atomic E-state index is -0.354. The van der Waals surface area contributed by atoms with Crippen molar-refractivity contribution in [2.75, 3.05) is 5.73 Å². The highest BCUT2D eigenvalue weighted by Gasteiger charge is 2.08. The van der Waals surface area contributed by atoms with Gasteiger partial charge in [0.2, 0.25) is 0 Å². The molecule has 6 heteroatoms. The lowest BCUT2D eigenvalue weighted by atomic mass is 10.2. The van der Waals surface area contributed by atoms with Gasteiger partial charge in [0.05, 0.1) is 4.88 Å². The number of hydrogen-bond acceptors (Lipinski definition) is 4. The molecule has 2 aromatic heterocycles. The van der Waals surface area contributed by atoms with Crippen molar-refractivity contribution in [1.29, 1.82) is 0 Å². The molecular formula is C13H10N4OS. The molecule has 0 spiro atoms. The number of nitrogen functional groups attached to an aromatic ring is 1. The number of nitrogens with two attached hydrogens (primary N) is 1. The Balaban J connectivity index is 1.96. The number of fused-ring (bicyclic) bond motifs is 1. The second-order valence-electron chi connectivity index (χ2n) is 3.92. The normalized spacial score (nSPS) is 11.4. The molecule has 0 atom stereocenters. The number of rotatable bonds is 2. The summed E-state index contributed by atoms with van der Waals surface area (Å²) < 4.78 is 0. The number of amides is 1. The van der Waals surface area contributed by atoms with Crippen molar-refractivity contribution >= 4 is 39.7 Å². The van der Waals surface area contributed by atoms with Crippen LogP contribution in [-0.4, -0.2) is 10.9 Å². The fraction of sp³-hybridized carbons (Fsp3) is 0. The molecule has 1 aromatic carbocycles. The fourth-order valence-electron chi connectivity index (χ4n) is 1.81. The topological polar surface area (TPSA) is 83.6 Å². The number of azo groups is 1. The average molecular weight is 270 g/mol. The molecule has 0 saturated heterocycles. The molecule has 0 unspecified atom stereocenters. The third-order valence-corrected chi connectivity index (χ3v) is 3.56. The number of anilines is 1. The van der Waals surface area contributed by atoms with Crippen LogP contribution in [0.4, 0.5) is 11.6 Å². The van der Waals surface area contributed by atoms with Crippen molar-refractivity contribution in [2.45, 2.75) is 0 Å². The van der Waals surface area contributed by atoms with Gasteiger partial charge in [0.25, 0.3) is 0 Å². The van der Waals surface area contributed by atoms with Gasteiger partial charge in [-0.3, -0.25) is 4.79 Å². The lowest BCUT2D eigenvalue weighted by molar-refractivity contribution is 0.0999. The van der Waals surface area contributed by atoms with Crippen LogP contribution < -0.4 is 5.73 Å². The van der Waals surface area contributed by atoms with Crippen LogP contribution in [-0.2, 0) is 0 Å². The quantitative estimate of drug-likeness (QED) is 0.695. The molecule has 0 aliphatic carbocycles. The van der Waals surface area contributed by atoms with Crippen molar-refractivity contribution in [2.24, 2.45) is 10.2 Å². The molecule has 1 amide bonds. The molecule has 0 aliphatic heterocycles. The number of benzene rings is 1. The minimum absolute atomic E-state index is 0.354. The van der Waals surface area contributed by atoms with E-state index in [2.05, 4.69) is 15.2 Å². The Labute approximate surface area is 112 Å². The molecule has 3 N–H and O–H groups in total. The van der Waals surface area contributed by atoms with Gasteiger partial charge in [-0.05, 0) is 11.4 Å². The van der Waals surface area contributed by atoms with Crippen molar-refractivity contribution in [1.82, 2.24) is 4.98 Å². The summed E-state index contributed by atoms with van der Waals surface area (Å²) in [6.45, 7) is 0. The third-order valence-electron chi connectivity index (χ3n) is 2.70. The van der Waals surface area contributed by atoms with Crippen molar-refractivity contribution in [3.8, 4) is 0 Å².